The third-order valence-electron chi connectivity index (χ3n) is 2.40. The summed E-state index contributed by atoms with van der Waals surface area (Å²) in [5.41, 5.74) is -0.503. The zero-order valence-electron chi connectivity index (χ0n) is 11.7. The van der Waals surface area contributed by atoms with Crippen molar-refractivity contribution in [1.29, 1.82) is 0 Å². The van der Waals surface area contributed by atoms with Crippen molar-refractivity contribution in [3.05, 3.63) is 0 Å². The Labute approximate surface area is 112 Å². The summed E-state index contributed by atoms with van der Waals surface area (Å²) < 4.78 is 6.92. The van der Waals surface area contributed by atoms with Gasteiger partial charge in [0, 0.05) is 6.42 Å². The number of thioether (sulfide) groups is 1. The van der Waals surface area contributed by atoms with E-state index in [1.807, 2.05) is 27.0 Å². The fraction of sp³-hybridized carbons (Fsp3) is 0.750. The van der Waals surface area contributed by atoms with Crippen LogP contribution in [0.25, 0.3) is 0 Å². The molecule has 0 saturated carbocycles. The first kappa shape index (κ1) is 15.0. The van der Waals surface area contributed by atoms with E-state index in [-0.39, 0.29) is 5.90 Å². The van der Waals surface area contributed by atoms with E-state index in [4.69, 9.17) is 4.52 Å². The lowest BCUT2D eigenvalue weighted by atomic mass is 9.97. The normalized spacial score (nSPS) is 13.1. The van der Waals surface area contributed by atoms with Gasteiger partial charge in [-0.05, 0) is 22.3 Å². The average molecular weight is 271 g/mol. The Hall–Kier alpha value is -1.04. The van der Waals surface area contributed by atoms with Crippen LogP contribution in [-0.2, 0) is 6.54 Å². The summed E-state index contributed by atoms with van der Waals surface area (Å²) in [6.45, 7) is 8.40. The van der Waals surface area contributed by atoms with Crippen molar-refractivity contribution in [3.8, 4) is 0 Å². The first-order chi connectivity index (χ1) is 8.40. The number of aryl methyl sites for hydroxylation is 1. The van der Waals surface area contributed by atoms with Crippen LogP contribution < -0.4 is 9.79 Å². The number of unbranched alkanes of at least 4 members (excludes halogenated alkanes) is 1. The first-order valence-corrected chi connectivity index (χ1v) is 7.32. The number of rotatable bonds is 5. The first-order valence-electron chi connectivity index (χ1n) is 6.10. The molecule has 5 nitrogen and oxygen atoms in total. The van der Waals surface area contributed by atoms with E-state index >= 15 is 0 Å². The van der Waals surface area contributed by atoms with E-state index in [9.17, 15) is 5.11 Å². The van der Waals surface area contributed by atoms with Crippen LogP contribution >= 0.6 is 11.8 Å². The molecule has 0 aliphatic rings. The maximum atomic E-state index is 11.9. The van der Waals surface area contributed by atoms with Gasteiger partial charge in [0.1, 0.15) is 0 Å². The Bertz CT molecular complexity index is 421. The maximum absolute atomic E-state index is 11.9. The van der Waals surface area contributed by atoms with Crippen molar-refractivity contribution in [2.75, 3.05) is 6.26 Å². The second kappa shape index (κ2) is 6.22. The maximum Gasteiger partial charge on any atom is 0.335 e. The Kier molecular flexibility index (Phi) is 5.19. The Morgan fingerprint density at radius 3 is 2.67 bits per heavy atom. The molecule has 0 aliphatic carbocycles. The van der Waals surface area contributed by atoms with Crippen LogP contribution in [0.1, 0.15) is 40.5 Å². The predicted octanol–water partition coefficient (Wildman–Crippen LogP) is 1.92. The zero-order valence-corrected chi connectivity index (χ0v) is 12.5. The van der Waals surface area contributed by atoms with Crippen LogP contribution in [0.15, 0.2) is 14.5 Å². The highest BCUT2D eigenvalue weighted by Gasteiger charge is 2.24. The minimum absolute atomic E-state index is 0.198. The van der Waals surface area contributed by atoms with Gasteiger partial charge in [0.25, 0.3) is 0 Å². The van der Waals surface area contributed by atoms with E-state index in [2.05, 4.69) is 17.2 Å². The molecule has 1 rings (SSSR count). The van der Waals surface area contributed by atoms with Gasteiger partial charge < -0.3 is 5.11 Å². The lowest BCUT2D eigenvalue weighted by molar-refractivity contribution is -0.793. The van der Waals surface area contributed by atoms with Crippen LogP contribution in [0.5, 0.6) is 0 Å². The molecule has 1 aromatic heterocycles. The van der Waals surface area contributed by atoms with Crippen molar-refractivity contribution in [1.82, 2.24) is 5.27 Å². The molecule has 1 heterocycles. The average Bonchev–Trinajstić information content (AvgIpc) is 2.67. The van der Waals surface area contributed by atoms with Gasteiger partial charge in [-0.15, -0.1) is 0 Å². The standard InChI is InChI=1S/C12H21N3O2S/c1-6-7-8-15-10(18-5)9(17-14-15)13-11(16)12(2,3)4/h6-8H2,1-5H3. The summed E-state index contributed by atoms with van der Waals surface area (Å²) in [5.74, 6) is 0.120. The summed E-state index contributed by atoms with van der Waals surface area (Å²) in [4.78, 5) is 4.02. The minimum Gasteiger partial charge on any atom is -0.861 e. The molecule has 0 amide bonds. The minimum atomic E-state index is -0.503. The van der Waals surface area contributed by atoms with Gasteiger partial charge >= 0.3 is 10.9 Å². The van der Waals surface area contributed by atoms with E-state index in [1.54, 1.807) is 4.68 Å². The van der Waals surface area contributed by atoms with E-state index in [1.165, 1.54) is 11.8 Å². The monoisotopic (exact) mass is 271 g/mol. The van der Waals surface area contributed by atoms with E-state index in [0.717, 1.165) is 24.4 Å². The third kappa shape index (κ3) is 3.73. The van der Waals surface area contributed by atoms with Crippen LogP contribution in [0.2, 0.25) is 0 Å². The molecule has 0 unspecified atom stereocenters. The smallest absolute Gasteiger partial charge is 0.335 e. The lowest BCUT2D eigenvalue weighted by Crippen LogP contribution is -2.37. The van der Waals surface area contributed by atoms with Crippen LogP contribution in [0.3, 0.4) is 0 Å². The van der Waals surface area contributed by atoms with Crippen LogP contribution in [0.4, 0.5) is 5.88 Å². The van der Waals surface area contributed by atoms with Crippen LogP contribution in [0, 0.1) is 5.41 Å². The van der Waals surface area contributed by atoms with Gasteiger partial charge in [0.05, 0.1) is 0 Å². The van der Waals surface area contributed by atoms with Gasteiger partial charge in [-0.3, -0.25) is 4.52 Å². The SMILES string of the molecule is CCCC[n+]1noc(/N=C(\[O-])C(C)(C)C)c1SC. The summed E-state index contributed by atoms with van der Waals surface area (Å²) in [6.07, 6.45) is 4.04. The van der Waals surface area contributed by atoms with Gasteiger partial charge in [-0.25, -0.2) is 4.99 Å². The van der Waals surface area contributed by atoms with Gasteiger partial charge in [-0.1, -0.05) is 45.9 Å². The molecule has 0 radical (unpaired) electrons. The largest absolute Gasteiger partial charge is 0.861 e. The molecule has 18 heavy (non-hydrogen) atoms. The summed E-state index contributed by atoms with van der Waals surface area (Å²) in [5, 5.41) is 16.6. The Morgan fingerprint density at radius 1 is 1.50 bits per heavy atom. The van der Waals surface area contributed by atoms with Gasteiger partial charge in [0.2, 0.25) is 5.27 Å². The van der Waals surface area contributed by atoms with Crippen molar-refractivity contribution < 1.29 is 14.3 Å². The number of aliphatic imine (C=N–C) groups is 1. The molecule has 102 valence electrons. The van der Waals surface area contributed by atoms with Crippen molar-refractivity contribution >= 4 is 23.5 Å². The zero-order chi connectivity index (χ0) is 13.8. The fourth-order valence-electron chi connectivity index (χ4n) is 1.25. The number of nitrogens with zero attached hydrogens (tertiary/aromatic N) is 3. The molecule has 0 fully saturated rings. The molecule has 0 aliphatic heterocycles. The highest BCUT2D eigenvalue weighted by molar-refractivity contribution is 7.98. The van der Waals surface area contributed by atoms with E-state index in [0.29, 0.717) is 5.88 Å². The molecule has 0 bridgehead atoms. The summed E-state index contributed by atoms with van der Waals surface area (Å²) in [6, 6.07) is 0. The Balaban J connectivity index is 3.00. The molecule has 0 aromatic carbocycles. The number of hydrogen-bond donors (Lipinski definition) is 0. The quantitative estimate of drug-likeness (QED) is 0.355. The highest BCUT2D eigenvalue weighted by atomic mass is 32.2. The third-order valence-corrected chi connectivity index (χ3v) is 3.18. The topological polar surface area (TPSA) is 65.3 Å². The second-order valence-corrected chi connectivity index (χ2v) is 5.93. The number of aromatic nitrogens is 2. The molecule has 0 spiro atoms. The van der Waals surface area contributed by atoms with E-state index < -0.39 is 5.41 Å². The molecular formula is C12H21N3O2S. The molecule has 0 N–H and O–H groups in total. The van der Waals surface area contributed by atoms with Gasteiger partial charge in [0.15, 0.2) is 6.54 Å². The molecule has 6 heteroatoms. The van der Waals surface area contributed by atoms with Crippen molar-refractivity contribution in [3.63, 3.8) is 0 Å². The van der Waals surface area contributed by atoms with Crippen molar-refractivity contribution in [2.45, 2.75) is 52.1 Å². The summed E-state index contributed by atoms with van der Waals surface area (Å²) in [7, 11) is 0. The summed E-state index contributed by atoms with van der Waals surface area (Å²) >= 11 is 1.49. The predicted molar refractivity (Wildman–Crippen MR) is 69.9 cm³/mol. The molecule has 1 aromatic rings. The number of hydrogen-bond acceptors (Lipinski definition) is 5. The lowest BCUT2D eigenvalue weighted by Gasteiger charge is -2.24. The van der Waals surface area contributed by atoms with Gasteiger partial charge in [-0.2, -0.15) is 0 Å². The van der Waals surface area contributed by atoms with Crippen LogP contribution in [-0.4, -0.2) is 17.4 Å². The fourth-order valence-corrected chi connectivity index (χ4v) is 1.84. The van der Waals surface area contributed by atoms with Crippen molar-refractivity contribution in [2.24, 2.45) is 10.4 Å². The molecule has 0 atom stereocenters. The Morgan fingerprint density at radius 2 is 2.17 bits per heavy atom. The molecule has 0 saturated heterocycles. The molecular weight excluding hydrogens is 250 g/mol. The highest BCUT2D eigenvalue weighted by Crippen LogP contribution is 2.25. The second-order valence-electron chi connectivity index (χ2n) is 5.13.